The SMILES string of the molecule is C=CCC(C)NCc1cnc2nc(N)[nH]c(=O)c2n1. The van der Waals surface area contributed by atoms with Crippen molar-refractivity contribution in [3.8, 4) is 0 Å². The van der Waals surface area contributed by atoms with Crippen molar-refractivity contribution in [1.29, 1.82) is 0 Å². The first-order valence-electron chi connectivity index (χ1n) is 5.96. The lowest BCUT2D eigenvalue weighted by Crippen LogP contribution is -2.25. The molecule has 2 aromatic rings. The van der Waals surface area contributed by atoms with Crippen LogP contribution in [-0.2, 0) is 6.54 Å². The van der Waals surface area contributed by atoms with Gasteiger partial charge in [-0.2, -0.15) is 4.98 Å². The Morgan fingerprint density at radius 2 is 2.37 bits per heavy atom. The van der Waals surface area contributed by atoms with Gasteiger partial charge in [-0.1, -0.05) is 6.08 Å². The van der Waals surface area contributed by atoms with E-state index in [-0.39, 0.29) is 28.7 Å². The molecule has 4 N–H and O–H groups in total. The number of hydrogen-bond donors (Lipinski definition) is 3. The van der Waals surface area contributed by atoms with Crippen LogP contribution in [0.25, 0.3) is 11.2 Å². The van der Waals surface area contributed by atoms with Crippen molar-refractivity contribution in [2.45, 2.75) is 25.9 Å². The number of anilines is 1. The van der Waals surface area contributed by atoms with E-state index in [9.17, 15) is 4.79 Å². The van der Waals surface area contributed by atoms with Gasteiger partial charge in [0.05, 0.1) is 11.9 Å². The molecule has 0 aliphatic carbocycles. The molecule has 0 fully saturated rings. The third-order valence-electron chi connectivity index (χ3n) is 2.64. The summed E-state index contributed by atoms with van der Waals surface area (Å²) in [6.07, 6.45) is 4.29. The van der Waals surface area contributed by atoms with E-state index >= 15 is 0 Å². The van der Waals surface area contributed by atoms with Crippen molar-refractivity contribution < 1.29 is 0 Å². The zero-order chi connectivity index (χ0) is 13.8. The summed E-state index contributed by atoms with van der Waals surface area (Å²) in [5.41, 5.74) is 6.19. The van der Waals surface area contributed by atoms with Crippen molar-refractivity contribution in [2.24, 2.45) is 0 Å². The van der Waals surface area contributed by atoms with Crippen LogP contribution < -0.4 is 16.6 Å². The lowest BCUT2D eigenvalue weighted by atomic mass is 10.2. The molecule has 2 aromatic heterocycles. The number of fused-ring (bicyclic) bond motifs is 1. The van der Waals surface area contributed by atoms with Crippen LogP contribution in [0.5, 0.6) is 0 Å². The molecule has 0 aromatic carbocycles. The average molecular weight is 260 g/mol. The van der Waals surface area contributed by atoms with Gasteiger partial charge in [0.25, 0.3) is 5.56 Å². The number of nitrogens with two attached hydrogens (primary N) is 1. The molecule has 0 saturated heterocycles. The number of rotatable bonds is 5. The Morgan fingerprint density at radius 3 is 3.11 bits per heavy atom. The summed E-state index contributed by atoms with van der Waals surface area (Å²) < 4.78 is 0. The second kappa shape index (κ2) is 5.57. The first-order chi connectivity index (χ1) is 9.10. The largest absolute Gasteiger partial charge is 0.369 e. The van der Waals surface area contributed by atoms with E-state index in [1.165, 1.54) is 0 Å². The Hall–Kier alpha value is -2.28. The third kappa shape index (κ3) is 3.14. The van der Waals surface area contributed by atoms with E-state index < -0.39 is 0 Å². The van der Waals surface area contributed by atoms with Gasteiger partial charge in [-0.3, -0.25) is 9.78 Å². The molecule has 0 aliphatic heterocycles. The molecular weight excluding hydrogens is 244 g/mol. The van der Waals surface area contributed by atoms with Crippen molar-refractivity contribution in [2.75, 3.05) is 5.73 Å². The minimum atomic E-state index is -0.379. The Labute approximate surface area is 110 Å². The predicted molar refractivity (Wildman–Crippen MR) is 73.5 cm³/mol. The average Bonchev–Trinajstić information content (AvgIpc) is 2.37. The van der Waals surface area contributed by atoms with E-state index in [1.807, 2.05) is 13.0 Å². The number of hydrogen-bond acceptors (Lipinski definition) is 6. The van der Waals surface area contributed by atoms with Crippen LogP contribution in [0, 0.1) is 0 Å². The zero-order valence-corrected chi connectivity index (χ0v) is 10.7. The van der Waals surface area contributed by atoms with Crippen LogP contribution in [0.1, 0.15) is 19.0 Å². The smallest absolute Gasteiger partial charge is 0.280 e. The number of aromatic nitrogens is 4. The highest BCUT2D eigenvalue weighted by molar-refractivity contribution is 5.69. The molecule has 0 bridgehead atoms. The van der Waals surface area contributed by atoms with Crippen molar-refractivity contribution >= 4 is 17.1 Å². The van der Waals surface area contributed by atoms with Crippen LogP contribution >= 0.6 is 0 Å². The fourth-order valence-corrected chi connectivity index (χ4v) is 1.67. The maximum Gasteiger partial charge on any atom is 0.280 e. The van der Waals surface area contributed by atoms with E-state index in [0.29, 0.717) is 12.2 Å². The summed E-state index contributed by atoms with van der Waals surface area (Å²) in [4.78, 5) is 26.3. The lowest BCUT2D eigenvalue weighted by molar-refractivity contribution is 0.548. The molecule has 2 heterocycles. The van der Waals surface area contributed by atoms with Crippen LogP contribution in [0.2, 0.25) is 0 Å². The molecule has 0 amide bonds. The minimum Gasteiger partial charge on any atom is -0.369 e. The molecule has 7 heteroatoms. The number of nitrogens with zero attached hydrogens (tertiary/aromatic N) is 3. The number of aromatic amines is 1. The maximum atomic E-state index is 11.7. The first-order valence-corrected chi connectivity index (χ1v) is 5.96. The third-order valence-corrected chi connectivity index (χ3v) is 2.64. The van der Waals surface area contributed by atoms with Gasteiger partial charge in [-0.25, -0.2) is 9.97 Å². The van der Waals surface area contributed by atoms with Crippen LogP contribution in [-0.4, -0.2) is 26.0 Å². The molecule has 1 atom stereocenters. The van der Waals surface area contributed by atoms with E-state index in [0.717, 1.165) is 6.42 Å². The summed E-state index contributed by atoms with van der Waals surface area (Å²) in [5.74, 6) is 0.0391. The molecular formula is C12H16N6O. The topological polar surface area (TPSA) is 110 Å². The van der Waals surface area contributed by atoms with E-state index in [1.54, 1.807) is 6.20 Å². The highest BCUT2D eigenvalue weighted by Crippen LogP contribution is 2.03. The van der Waals surface area contributed by atoms with Gasteiger partial charge in [0.2, 0.25) is 5.95 Å². The van der Waals surface area contributed by atoms with Crippen molar-refractivity contribution in [3.63, 3.8) is 0 Å². The molecule has 1 unspecified atom stereocenters. The normalized spacial score (nSPS) is 12.5. The Bertz CT molecular complexity index is 650. The van der Waals surface area contributed by atoms with Gasteiger partial charge < -0.3 is 11.1 Å². The van der Waals surface area contributed by atoms with Crippen molar-refractivity contribution in [1.82, 2.24) is 25.3 Å². The summed E-state index contributed by atoms with van der Waals surface area (Å²) >= 11 is 0. The van der Waals surface area contributed by atoms with Gasteiger partial charge in [-0.15, -0.1) is 6.58 Å². The summed E-state index contributed by atoms with van der Waals surface area (Å²) in [6.45, 7) is 6.26. The number of nitrogens with one attached hydrogen (secondary N) is 2. The van der Waals surface area contributed by atoms with Gasteiger partial charge >= 0.3 is 0 Å². The van der Waals surface area contributed by atoms with Gasteiger partial charge in [-0.05, 0) is 13.3 Å². The summed E-state index contributed by atoms with van der Waals surface area (Å²) in [5, 5.41) is 3.26. The zero-order valence-electron chi connectivity index (χ0n) is 10.7. The van der Waals surface area contributed by atoms with Gasteiger partial charge in [0.1, 0.15) is 0 Å². The number of H-pyrrole nitrogens is 1. The van der Waals surface area contributed by atoms with Gasteiger partial charge in [0.15, 0.2) is 11.2 Å². The quantitative estimate of drug-likeness (QED) is 0.669. The fourth-order valence-electron chi connectivity index (χ4n) is 1.67. The highest BCUT2D eigenvalue weighted by Gasteiger charge is 2.07. The summed E-state index contributed by atoms with van der Waals surface area (Å²) in [7, 11) is 0. The van der Waals surface area contributed by atoms with Crippen LogP contribution in [0.3, 0.4) is 0 Å². The monoisotopic (exact) mass is 260 g/mol. The van der Waals surface area contributed by atoms with Gasteiger partial charge in [0, 0.05) is 12.6 Å². The van der Waals surface area contributed by atoms with Crippen LogP contribution in [0.15, 0.2) is 23.6 Å². The summed E-state index contributed by atoms with van der Waals surface area (Å²) in [6, 6.07) is 0.290. The molecule has 2 rings (SSSR count). The Kier molecular flexibility index (Phi) is 3.86. The standard InChI is InChI=1S/C12H16N6O/c1-3-4-7(2)14-5-8-6-15-10-9(16-8)11(19)18-12(13)17-10/h3,6-7,14H,1,4-5H2,2H3,(H3,13,15,17,18,19). The number of nitrogen functional groups attached to an aromatic ring is 1. The lowest BCUT2D eigenvalue weighted by Gasteiger charge is -2.10. The molecule has 0 aliphatic rings. The van der Waals surface area contributed by atoms with E-state index in [4.69, 9.17) is 5.73 Å². The molecule has 7 nitrogen and oxygen atoms in total. The maximum absolute atomic E-state index is 11.7. The van der Waals surface area contributed by atoms with Crippen molar-refractivity contribution in [3.05, 3.63) is 34.9 Å². The first kappa shape index (κ1) is 13.2. The fraction of sp³-hybridized carbons (Fsp3) is 0.333. The van der Waals surface area contributed by atoms with E-state index in [2.05, 4.69) is 31.8 Å². The Morgan fingerprint density at radius 1 is 1.58 bits per heavy atom. The molecule has 0 spiro atoms. The second-order valence-corrected chi connectivity index (χ2v) is 4.29. The highest BCUT2D eigenvalue weighted by atomic mass is 16.1. The minimum absolute atomic E-state index is 0.0391. The predicted octanol–water partition coefficient (Wildman–Crippen LogP) is 0.349. The molecule has 0 radical (unpaired) electrons. The second-order valence-electron chi connectivity index (χ2n) is 4.29. The molecule has 19 heavy (non-hydrogen) atoms. The van der Waals surface area contributed by atoms with Crippen LogP contribution in [0.4, 0.5) is 5.95 Å². The molecule has 0 saturated carbocycles. The molecule has 100 valence electrons. The Balaban J connectivity index is 2.22.